The van der Waals surface area contributed by atoms with Gasteiger partial charge >= 0.3 is 0 Å². The number of rotatable bonds is 3. The highest BCUT2D eigenvalue weighted by Crippen LogP contribution is 2.20. The van der Waals surface area contributed by atoms with Gasteiger partial charge in [-0.3, -0.25) is 4.79 Å². The minimum absolute atomic E-state index is 0.131. The van der Waals surface area contributed by atoms with Crippen molar-refractivity contribution in [2.75, 3.05) is 5.32 Å². The Kier molecular flexibility index (Phi) is 4.61. The summed E-state index contributed by atoms with van der Waals surface area (Å²) in [6.07, 6.45) is 0. The SMILES string of the molecule is Cc1cc(C(=O)Nc2ccccc2CCl)ccc1Br. The predicted molar refractivity (Wildman–Crippen MR) is 82.8 cm³/mol. The summed E-state index contributed by atoms with van der Waals surface area (Å²) < 4.78 is 0.991. The second-order valence-corrected chi connectivity index (χ2v) is 5.33. The summed E-state index contributed by atoms with van der Waals surface area (Å²) in [6.45, 7) is 1.95. The lowest BCUT2D eigenvalue weighted by Gasteiger charge is -2.10. The van der Waals surface area contributed by atoms with Crippen molar-refractivity contribution in [2.45, 2.75) is 12.8 Å². The fourth-order valence-electron chi connectivity index (χ4n) is 1.74. The van der Waals surface area contributed by atoms with E-state index in [-0.39, 0.29) is 5.91 Å². The van der Waals surface area contributed by atoms with Crippen LogP contribution in [0.15, 0.2) is 46.9 Å². The molecule has 4 heteroatoms. The van der Waals surface area contributed by atoms with Gasteiger partial charge in [0.05, 0.1) is 0 Å². The largest absolute Gasteiger partial charge is 0.322 e. The van der Waals surface area contributed by atoms with Crippen LogP contribution in [-0.4, -0.2) is 5.91 Å². The van der Waals surface area contributed by atoms with Gasteiger partial charge in [0.2, 0.25) is 0 Å². The van der Waals surface area contributed by atoms with E-state index in [9.17, 15) is 4.79 Å². The van der Waals surface area contributed by atoms with Crippen LogP contribution < -0.4 is 5.32 Å². The van der Waals surface area contributed by atoms with Crippen molar-refractivity contribution in [2.24, 2.45) is 0 Å². The summed E-state index contributed by atoms with van der Waals surface area (Å²) in [5.74, 6) is 0.240. The zero-order chi connectivity index (χ0) is 13.8. The van der Waals surface area contributed by atoms with E-state index >= 15 is 0 Å². The van der Waals surface area contributed by atoms with E-state index in [2.05, 4.69) is 21.2 Å². The molecule has 0 bridgehead atoms. The number of para-hydroxylation sites is 1. The van der Waals surface area contributed by atoms with E-state index in [4.69, 9.17) is 11.6 Å². The molecule has 0 unspecified atom stereocenters. The number of benzene rings is 2. The average Bonchev–Trinajstić information content (AvgIpc) is 2.42. The van der Waals surface area contributed by atoms with Crippen LogP contribution in [0, 0.1) is 6.92 Å². The number of carbonyl (C=O) groups is 1. The van der Waals surface area contributed by atoms with Gasteiger partial charge in [-0.1, -0.05) is 34.1 Å². The highest BCUT2D eigenvalue weighted by atomic mass is 79.9. The van der Waals surface area contributed by atoms with Crippen LogP contribution in [0.3, 0.4) is 0 Å². The summed E-state index contributed by atoms with van der Waals surface area (Å²) in [7, 11) is 0. The Bertz CT molecular complexity index is 613. The van der Waals surface area contributed by atoms with Gasteiger partial charge in [-0.15, -0.1) is 11.6 Å². The van der Waals surface area contributed by atoms with Crippen molar-refractivity contribution in [3.05, 3.63) is 63.6 Å². The maximum atomic E-state index is 12.2. The topological polar surface area (TPSA) is 29.1 Å². The Hall–Kier alpha value is -1.32. The van der Waals surface area contributed by atoms with Gasteiger partial charge in [0.15, 0.2) is 0 Å². The summed E-state index contributed by atoms with van der Waals surface area (Å²) in [5.41, 5.74) is 3.32. The lowest BCUT2D eigenvalue weighted by molar-refractivity contribution is 0.102. The van der Waals surface area contributed by atoms with E-state index < -0.39 is 0 Å². The maximum Gasteiger partial charge on any atom is 0.255 e. The minimum Gasteiger partial charge on any atom is -0.322 e. The van der Waals surface area contributed by atoms with Gasteiger partial charge in [-0.2, -0.15) is 0 Å². The van der Waals surface area contributed by atoms with Gasteiger partial charge in [0.1, 0.15) is 0 Å². The second kappa shape index (κ2) is 6.22. The van der Waals surface area contributed by atoms with E-state index in [1.807, 2.05) is 43.3 Å². The number of aryl methyl sites for hydroxylation is 1. The number of anilines is 1. The smallest absolute Gasteiger partial charge is 0.255 e. The van der Waals surface area contributed by atoms with Crippen molar-refractivity contribution in [3.63, 3.8) is 0 Å². The standard InChI is InChI=1S/C15H13BrClNO/c1-10-8-11(6-7-13(10)16)15(19)18-14-5-3-2-4-12(14)9-17/h2-8H,9H2,1H3,(H,18,19). The third-order valence-electron chi connectivity index (χ3n) is 2.83. The first kappa shape index (κ1) is 14.1. The molecule has 0 aliphatic carbocycles. The Morgan fingerprint density at radius 1 is 1.26 bits per heavy atom. The van der Waals surface area contributed by atoms with Crippen molar-refractivity contribution in [3.8, 4) is 0 Å². The van der Waals surface area contributed by atoms with Crippen molar-refractivity contribution in [1.29, 1.82) is 0 Å². The first-order valence-electron chi connectivity index (χ1n) is 5.83. The Morgan fingerprint density at radius 2 is 2.00 bits per heavy atom. The molecular formula is C15H13BrClNO. The van der Waals surface area contributed by atoms with Gasteiger partial charge < -0.3 is 5.32 Å². The first-order chi connectivity index (χ1) is 9.11. The van der Waals surface area contributed by atoms with E-state index in [1.165, 1.54) is 0 Å². The van der Waals surface area contributed by atoms with E-state index in [0.29, 0.717) is 11.4 Å². The lowest BCUT2D eigenvalue weighted by Crippen LogP contribution is -2.13. The summed E-state index contributed by atoms with van der Waals surface area (Å²) in [4.78, 5) is 12.2. The van der Waals surface area contributed by atoms with Crippen LogP contribution >= 0.6 is 27.5 Å². The number of halogens is 2. The van der Waals surface area contributed by atoms with Crippen LogP contribution in [0.25, 0.3) is 0 Å². The predicted octanol–water partition coefficient (Wildman–Crippen LogP) is 4.75. The molecule has 0 saturated carbocycles. The highest BCUT2D eigenvalue weighted by Gasteiger charge is 2.09. The molecule has 0 aliphatic heterocycles. The third kappa shape index (κ3) is 3.37. The lowest BCUT2D eigenvalue weighted by atomic mass is 10.1. The van der Waals surface area contributed by atoms with Crippen molar-refractivity contribution >= 4 is 39.1 Å². The summed E-state index contributed by atoms with van der Waals surface area (Å²) in [5, 5.41) is 2.89. The second-order valence-electron chi connectivity index (χ2n) is 4.21. The monoisotopic (exact) mass is 337 g/mol. The van der Waals surface area contributed by atoms with Crippen molar-refractivity contribution in [1.82, 2.24) is 0 Å². The zero-order valence-corrected chi connectivity index (χ0v) is 12.8. The first-order valence-corrected chi connectivity index (χ1v) is 7.16. The number of amides is 1. The zero-order valence-electron chi connectivity index (χ0n) is 10.4. The Morgan fingerprint density at radius 3 is 2.68 bits per heavy atom. The van der Waals surface area contributed by atoms with Crippen LogP contribution in [-0.2, 0) is 5.88 Å². The molecule has 2 aromatic rings. The minimum atomic E-state index is -0.131. The van der Waals surface area contributed by atoms with Crippen LogP contribution in [0.4, 0.5) is 5.69 Å². The van der Waals surface area contributed by atoms with Gasteiger partial charge in [0, 0.05) is 21.6 Å². The molecule has 0 atom stereocenters. The van der Waals surface area contributed by atoms with Crippen LogP contribution in [0.2, 0.25) is 0 Å². The number of nitrogens with one attached hydrogen (secondary N) is 1. The van der Waals surface area contributed by atoms with Gasteiger partial charge in [-0.25, -0.2) is 0 Å². The molecule has 19 heavy (non-hydrogen) atoms. The van der Waals surface area contributed by atoms with Gasteiger partial charge in [-0.05, 0) is 42.3 Å². The molecular weight excluding hydrogens is 326 g/mol. The molecule has 0 radical (unpaired) electrons. The Balaban J connectivity index is 2.23. The molecule has 0 aliphatic rings. The van der Waals surface area contributed by atoms with Crippen molar-refractivity contribution < 1.29 is 4.79 Å². The number of carbonyl (C=O) groups excluding carboxylic acids is 1. The maximum absolute atomic E-state index is 12.2. The van der Waals surface area contributed by atoms with Gasteiger partial charge in [0.25, 0.3) is 5.91 Å². The van der Waals surface area contributed by atoms with Crippen LogP contribution in [0.5, 0.6) is 0 Å². The number of hydrogen-bond acceptors (Lipinski definition) is 1. The fourth-order valence-corrected chi connectivity index (χ4v) is 2.22. The highest BCUT2D eigenvalue weighted by molar-refractivity contribution is 9.10. The molecule has 1 amide bonds. The Labute approximate surface area is 125 Å². The number of hydrogen-bond donors (Lipinski definition) is 1. The molecule has 0 aromatic heterocycles. The molecule has 0 spiro atoms. The molecule has 1 N–H and O–H groups in total. The molecule has 0 heterocycles. The number of alkyl halides is 1. The molecule has 2 rings (SSSR count). The molecule has 2 nitrogen and oxygen atoms in total. The van der Waals surface area contributed by atoms with E-state index in [1.54, 1.807) is 6.07 Å². The fraction of sp³-hybridized carbons (Fsp3) is 0.133. The summed E-state index contributed by atoms with van der Waals surface area (Å²) >= 11 is 9.27. The third-order valence-corrected chi connectivity index (χ3v) is 4.01. The molecule has 98 valence electrons. The normalized spacial score (nSPS) is 10.3. The molecule has 2 aromatic carbocycles. The molecule has 0 saturated heterocycles. The average molecular weight is 339 g/mol. The summed E-state index contributed by atoms with van der Waals surface area (Å²) in [6, 6.07) is 13.0. The van der Waals surface area contributed by atoms with Crippen LogP contribution in [0.1, 0.15) is 21.5 Å². The van der Waals surface area contributed by atoms with E-state index in [0.717, 1.165) is 21.3 Å². The molecule has 0 fully saturated rings. The quantitative estimate of drug-likeness (QED) is 0.804.